The van der Waals surface area contributed by atoms with E-state index in [4.69, 9.17) is 0 Å². The Bertz CT molecular complexity index is 693. The highest BCUT2D eigenvalue weighted by Crippen LogP contribution is 2.17. The van der Waals surface area contributed by atoms with E-state index >= 15 is 0 Å². The molecule has 0 amide bonds. The zero-order valence-electron chi connectivity index (χ0n) is 14.4. The first-order valence-corrected chi connectivity index (χ1v) is 9.88. The third-order valence-corrected chi connectivity index (χ3v) is 5.29. The molecule has 0 aliphatic carbocycles. The Kier molecular flexibility index (Phi) is 7.05. The highest BCUT2D eigenvalue weighted by atomic mass is 32.2. The first-order chi connectivity index (χ1) is 11.5. The van der Waals surface area contributed by atoms with E-state index < -0.39 is 0 Å². The Morgan fingerprint density at radius 3 is 2.62 bits per heavy atom. The van der Waals surface area contributed by atoms with Crippen molar-refractivity contribution < 1.29 is 4.39 Å². The van der Waals surface area contributed by atoms with Crippen molar-refractivity contribution in [2.24, 2.45) is 4.99 Å². The van der Waals surface area contributed by atoms with Gasteiger partial charge in [0.2, 0.25) is 0 Å². The van der Waals surface area contributed by atoms with Crippen LogP contribution >= 0.6 is 23.1 Å². The minimum atomic E-state index is -0.195. The zero-order chi connectivity index (χ0) is 17.5. The minimum Gasteiger partial charge on any atom is -0.352 e. The summed E-state index contributed by atoms with van der Waals surface area (Å²) >= 11 is 3.37. The van der Waals surface area contributed by atoms with Gasteiger partial charge in [-0.2, -0.15) is 11.8 Å². The smallest absolute Gasteiger partial charge is 0.191 e. The molecule has 0 bridgehead atoms. The molecule has 0 radical (unpaired) electrons. The van der Waals surface area contributed by atoms with E-state index in [2.05, 4.69) is 27.5 Å². The molecule has 0 saturated heterocycles. The number of nitrogens with zero attached hydrogens (tertiary/aromatic N) is 2. The van der Waals surface area contributed by atoms with Gasteiger partial charge in [-0.15, -0.1) is 11.3 Å². The monoisotopic (exact) mass is 366 g/mol. The average molecular weight is 367 g/mol. The highest BCUT2D eigenvalue weighted by molar-refractivity contribution is 7.97. The summed E-state index contributed by atoms with van der Waals surface area (Å²) in [5.41, 5.74) is 3.17. The Morgan fingerprint density at radius 1 is 1.25 bits per heavy atom. The normalized spacial score (nSPS) is 11.6. The lowest BCUT2D eigenvalue weighted by atomic mass is 10.1. The van der Waals surface area contributed by atoms with Crippen molar-refractivity contribution in [3.63, 3.8) is 0 Å². The topological polar surface area (TPSA) is 49.3 Å². The molecule has 2 aromatic rings. The third-order valence-electron chi connectivity index (χ3n) is 3.62. The van der Waals surface area contributed by atoms with Gasteiger partial charge in [0.1, 0.15) is 10.8 Å². The number of aromatic nitrogens is 1. The summed E-state index contributed by atoms with van der Waals surface area (Å²) in [4.78, 5) is 9.98. The van der Waals surface area contributed by atoms with E-state index in [1.54, 1.807) is 36.2 Å². The molecule has 0 saturated carbocycles. The van der Waals surface area contributed by atoms with Gasteiger partial charge in [0.25, 0.3) is 0 Å². The first-order valence-electron chi connectivity index (χ1n) is 7.67. The van der Waals surface area contributed by atoms with Crippen LogP contribution in [0.3, 0.4) is 0 Å². The van der Waals surface area contributed by atoms with Crippen LogP contribution in [0.25, 0.3) is 0 Å². The van der Waals surface area contributed by atoms with Crippen molar-refractivity contribution in [1.82, 2.24) is 15.6 Å². The Labute approximate surface area is 151 Å². The van der Waals surface area contributed by atoms with E-state index in [1.165, 1.54) is 10.9 Å². The fourth-order valence-corrected chi connectivity index (χ4v) is 3.68. The maximum atomic E-state index is 13.4. The van der Waals surface area contributed by atoms with Crippen molar-refractivity contribution in [3.8, 4) is 0 Å². The van der Waals surface area contributed by atoms with Crippen molar-refractivity contribution in [3.05, 3.63) is 50.7 Å². The lowest BCUT2D eigenvalue weighted by molar-refractivity contribution is 0.625. The fourth-order valence-electron chi connectivity index (χ4n) is 2.23. The summed E-state index contributed by atoms with van der Waals surface area (Å²) in [6.07, 6.45) is 2.01. The molecule has 0 spiro atoms. The molecule has 0 aliphatic rings. The van der Waals surface area contributed by atoms with Gasteiger partial charge in [-0.05, 0) is 43.4 Å². The summed E-state index contributed by atoms with van der Waals surface area (Å²) in [5, 5.41) is 7.59. The molecule has 2 rings (SSSR count). The van der Waals surface area contributed by atoms with Gasteiger partial charge in [-0.25, -0.2) is 9.37 Å². The van der Waals surface area contributed by atoms with Gasteiger partial charge in [0.05, 0.1) is 12.2 Å². The van der Waals surface area contributed by atoms with Crippen molar-refractivity contribution in [2.45, 2.75) is 32.7 Å². The molecular formula is C17H23FN4S2. The van der Waals surface area contributed by atoms with Crippen LogP contribution < -0.4 is 10.6 Å². The number of aryl methyl sites for hydroxylation is 2. The standard InChI is InChI=1S/C17H23FN4S2/c1-11-12(2)24-16(22-11)9-21-17(19-3)20-8-13-5-6-15(18)7-14(13)10-23-4/h5-7H,8-10H2,1-4H3,(H2,19,20,21). The fraction of sp³-hybridized carbons (Fsp3) is 0.412. The second-order valence-corrected chi connectivity index (χ2v) is 7.53. The van der Waals surface area contributed by atoms with Gasteiger partial charge in [0, 0.05) is 24.2 Å². The van der Waals surface area contributed by atoms with Gasteiger partial charge in [-0.1, -0.05) is 6.07 Å². The van der Waals surface area contributed by atoms with Crippen molar-refractivity contribution in [2.75, 3.05) is 13.3 Å². The Balaban J connectivity index is 1.94. The van der Waals surface area contributed by atoms with Gasteiger partial charge < -0.3 is 10.6 Å². The van der Waals surface area contributed by atoms with E-state index in [1.807, 2.05) is 19.2 Å². The molecule has 1 heterocycles. The quantitative estimate of drug-likeness (QED) is 0.605. The summed E-state index contributed by atoms with van der Waals surface area (Å²) in [7, 11) is 1.74. The average Bonchev–Trinajstić information content (AvgIpc) is 2.88. The first kappa shape index (κ1) is 18.7. The highest BCUT2D eigenvalue weighted by Gasteiger charge is 2.07. The number of thiazole rings is 1. The third kappa shape index (κ3) is 5.21. The lowest BCUT2D eigenvalue weighted by Gasteiger charge is -2.13. The summed E-state index contributed by atoms with van der Waals surface area (Å²) in [5.74, 6) is 1.30. The second kappa shape index (κ2) is 9.03. The van der Waals surface area contributed by atoms with E-state index in [-0.39, 0.29) is 5.82 Å². The summed E-state index contributed by atoms with van der Waals surface area (Å²) in [6.45, 7) is 5.33. The van der Waals surface area contributed by atoms with Gasteiger partial charge >= 0.3 is 0 Å². The number of benzene rings is 1. The van der Waals surface area contributed by atoms with E-state index in [9.17, 15) is 4.39 Å². The summed E-state index contributed by atoms with van der Waals surface area (Å²) < 4.78 is 13.4. The number of guanidine groups is 1. The van der Waals surface area contributed by atoms with E-state index in [0.29, 0.717) is 19.0 Å². The molecule has 4 nitrogen and oxygen atoms in total. The largest absolute Gasteiger partial charge is 0.352 e. The van der Waals surface area contributed by atoms with Gasteiger partial charge in [0.15, 0.2) is 5.96 Å². The predicted octanol–water partition coefficient (Wildman–Crippen LogP) is 3.63. The predicted molar refractivity (Wildman–Crippen MR) is 102 cm³/mol. The number of hydrogen-bond donors (Lipinski definition) is 2. The number of aliphatic imine (C=N–C) groups is 1. The number of nitrogens with one attached hydrogen (secondary N) is 2. The zero-order valence-corrected chi connectivity index (χ0v) is 16.1. The molecular weight excluding hydrogens is 343 g/mol. The minimum absolute atomic E-state index is 0.195. The van der Waals surface area contributed by atoms with Crippen LogP contribution in [-0.2, 0) is 18.8 Å². The van der Waals surface area contributed by atoms with Crippen molar-refractivity contribution in [1.29, 1.82) is 0 Å². The molecule has 130 valence electrons. The maximum Gasteiger partial charge on any atom is 0.191 e. The lowest BCUT2D eigenvalue weighted by Crippen LogP contribution is -2.36. The Morgan fingerprint density at radius 2 is 2.00 bits per heavy atom. The van der Waals surface area contributed by atoms with Crippen LogP contribution in [0, 0.1) is 19.7 Å². The number of thioether (sulfide) groups is 1. The molecule has 24 heavy (non-hydrogen) atoms. The van der Waals surface area contributed by atoms with E-state index in [0.717, 1.165) is 27.6 Å². The summed E-state index contributed by atoms with van der Waals surface area (Å²) in [6, 6.07) is 4.93. The van der Waals surface area contributed by atoms with Crippen molar-refractivity contribution >= 4 is 29.1 Å². The van der Waals surface area contributed by atoms with Crippen LogP contribution in [0.2, 0.25) is 0 Å². The molecule has 0 fully saturated rings. The van der Waals surface area contributed by atoms with Crippen LogP contribution in [0.1, 0.15) is 26.7 Å². The number of rotatable bonds is 6. The van der Waals surface area contributed by atoms with Crippen LogP contribution in [-0.4, -0.2) is 24.2 Å². The second-order valence-electron chi connectivity index (χ2n) is 5.37. The molecule has 1 aromatic carbocycles. The molecule has 1 aromatic heterocycles. The number of hydrogen-bond acceptors (Lipinski definition) is 4. The molecule has 7 heteroatoms. The Hall–Kier alpha value is -1.60. The SMILES string of the molecule is CN=C(NCc1nc(C)c(C)s1)NCc1ccc(F)cc1CSC. The molecule has 0 unspecified atom stereocenters. The molecule has 0 aliphatic heterocycles. The maximum absolute atomic E-state index is 13.4. The number of halogens is 1. The van der Waals surface area contributed by atoms with Crippen LogP contribution in [0.4, 0.5) is 4.39 Å². The van der Waals surface area contributed by atoms with Crippen LogP contribution in [0.5, 0.6) is 0 Å². The van der Waals surface area contributed by atoms with Crippen LogP contribution in [0.15, 0.2) is 23.2 Å². The van der Waals surface area contributed by atoms with Gasteiger partial charge in [-0.3, -0.25) is 4.99 Å². The molecule has 2 N–H and O–H groups in total. The molecule has 0 atom stereocenters.